The van der Waals surface area contributed by atoms with Gasteiger partial charge in [0, 0.05) is 23.4 Å². The molecule has 208 valence electrons. The van der Waals surface area contributed by atoms with Crippen LogP contribution in [0.2, 0.25) is 0 Å². The van der Waals surface area contributed by atoms with Crippen LogP contribution < -0.4 is 4.74 Å². The van der Waals surface area contributed by atoms with Crippen LogP contribution in [0.15, 0.2) is 52.9 Å². The number of carbonyl (C=O) groups excluding carboxylic acids is 1. The minimum absolute atomic E-state index is 0.0342. The van der Waals surface area contributed by atoms with Crippen LogP contribution in [0.1, 0.15) is 94.6 Å². The Morgan fingerprint density at radius 1 is 0.868 bits per heavy atom. The van der Waals surface area contributed by atoms with E-state index in [1.807, 2.05) is 52.0 Å². The average molecular weight is 521 g/mol. The number of benzene rings is 2. The molecule has 0 spiro atoms. The summed E-state index contributed by atoms with van der Waals surface area (Å²) in [4.78, 5) is 13.4. The van der Waals surface area contributed by atoms with E-state index in [1.165, 1.54) is 5.56 Å². The lowest BCUT2D eigenvalue weighted by Gasteiger charge is -2.39. The largest absolute Gasteiger partial charge is 0.488 e. The SMILES string of the molecule is CCc1ccccc1-c1cc2ccc(OC(C)(C)CC(C)(C)OC(=O)C(CC(C)(C)C)C(C)(C)C)cc2o1. The average Bonchev–Trinajstić information content (AvgIpc) is 3.17. The Kier molecular flexibility index (Phi) is 8.46. The third-order valence-electron chi connectivity index (χ3n) is 6.92. The number of furan rings is 1. The molecule has 4 heteroatoms. The van der Waals surface area contributed by atoms with Gasteiger partial charge in [-0.2, -0.15) is 0 Å². The van der Waals surface area contributed by atoms with Crippen molar-refractivity contribution in [2.75, 3.05) is 0 Å². The van der Waals surface area contributed by atoms with Crippen LogP contribution in [-0.2, 0) is 16.0 Å². The molecule has 1 unspecified atom stereocenters. The number of fused-ring (bicyclic) bond motifs is 1. The van der Waals surface area contributed by atoms with Crippen molar-refractivity contribution in [3.8, 4) is 17.1 Å². The van der Waals surface area contributed by atoms with Gasteiger partial charge in [0.1, 0.15) is 28.3 Å². The maximum atomic E-state index is 13.4. The molecule has 4 nitrogen and oxygen atoms in total. The molecule has 0 N–H and O–H groups in total. The summed E-state index contributed by atoms with van der Waals surface area (Å²) in [5, 5.41) is 1.04. The Hall–Kier alpha value is -2.75. The molecule has 1 atom stereocenters. The number of aryl methyl sites for hydroxylation is 1. The summed E-state index contributed by atoms with van der Waals surface area (Å²) < 4.78 is 18.9. The summed E-state index contributed by atoms with van der Waals surface area (Å²) in [5.41, 5.74) is 1.78. The van der Waals surface area contributed by atoms with Gasteiger partial charge in [-0.3, -0.25) is 4.79 Å². The summed E-state index contributed by atoms with van der Waals surface area (Å²) in [6, 6.07) is 16.4. The van der Waals surface area contributed by atoms with Gasteiger partial charge in [0.05, 0.1) is 5.92 Å². The smallest absolute Gasteiger partial charge is 0.310 e. The van der Waals surface area contributed by atoms with Crippen molar-refractivity contribution in [2.45, 2.75) is 107 Å². The lowest BCUT2D eigenvalue weighted by molar-refractivity contribution is -0.170. The lowest BCUT2D eigenvalue weighted by atomic mass is 9.72. The van der Waals surface area contributed by atoms with E-state index in [4.69, 9.17) is 13.9 Å². The standard InChI is InChI=1S/C34H48O4/c1-12-23-15-13-14-16-26(23)29-19-24-17-18-25(20-28(24)36-29)37-33(8,9)22-34(10,11)38-30(35)27(32(5,6)7)21-31(2,3)4/h13-20,27H,12,21-22H2,1-11H3. The van der Waals surface area contributed by atoms with Crippen molar-refractivity contribution in [1.82, 2.24) is 0 Å². The normalized spacial score (nSPS) is 14.0. The Bertz CT molecular complexity index is 1250. The molecule has 2 aromatic carbocycles. The number of carbonyl (C=O) groups is 1. The van der Waals surface area contributed by atoms with Crippen LogP contribution in [0.4, 0.5) is 0 Å². The Balaban J connectivity index is 1.75. The molecule has 1 aromatic heterocycles. The van der Waals surface area contributed by atoms with Gasteiger partial charge < -0.3 is 13.9 Å². The first-order chi connectivity index (χ1) is 17.4. The predicted octanol–water partition coefficient (Wildman–Crippen LogP) is 9.63. The van der Waals surface area contributed by atoms with Crippen LogP contribution in [-0.4, -0.2) is 17.2 Å². The number of hydrogen-bond donors (Lipinski definition) is 0. The van der Waals surface area contributed by atoms with Crippen molar-refractivity contribution in [1.29, 1.82) is 0 Å². The van der Waals surface area contributed by atoms with Gasteiger partial charge >= 0.3 is 5.97 Å². The maximum Gasteiger partial charge on any atom is 0.310 e. The quantitative estimate of drug-likeness (QED) is 0.264. The number of ether oxygens (including phenoxy) is 2. The molecule has 0 radical (unpaired) electrons. The van der Waals surface area contributed by atoms with Crippen LogP contribution in [0.25, 0.3) is 22.3 Å². The second-order valence-corrected chi connectivity index (χ2v) is 14.2. The highest BCUT2D eigenvalue weighted by Gasteiger charge is 2.40. The van der Waals surface area contributed by atoms with Crippen molar-refractivity contribution in [3.63, 3.8) is 0 Å². The van der Waals surface area contributed by atoms with E-state index in [0.717, 1.165) is 40.9 Å². The fourth-order valence-corrected chi connectivity index (χ4v) is 5.39. The molecule has 0 amide bonds. The summed E-state index contributed by atoms with van der Waals surface area (Å²) in [6.45, 7) is 23.0. The van der Waals surface area contributed by atoms with Gasteiger partial charge in [0.15, 0.2) is 0 Å². The topological polar surface area (TPSA) is 48.7 Å². The first kappa shape index (κ1) is 29.8. The number of hydrogen-bond acceptors (Lipinski definition) is 4. The van der Waals surface area contributed by atoms with Crippen LogP contribution in [0, 0.1) is 16.7 Å². The van der Waals surface area contributed by atoms with Crippen molar-refractivity contribution in [3.05, 3.63) is 54.1 Å². The summed E-state index contributed by atoms with van der Waals surface area (Å²) in [7, 11) is 0. The van der Waals surface area contributed by atoms with E-state index < -0.39 is 11.2 Å². The molecule has 3 aromatic rings. The second kappa shape index (κ2) is 10.8. The van der Waals surface area contributed by atoms with E-state index >= 15 is 0 Å². The van der Waals surface area contributed by atoms with E-state index in [2.05, 4.69) is 72.7 Å². The molecule has 0 fully saturated rings. The fourth-order valence-electron chi connectivity index (χ4n) is 5.39. The molecule has 0 bridgehead atoms. The molecule has 0 saturated heterocycles. The van der Waals surface area contributed by atoms with E-state index in [0.29, 0.717) is 6.42 Å². The summed E-state index contributed by atoms with van der Waals surface area (Å²) in [6.07, 6.45) is 2.27. The first-order valence-corrected chi connectivity index (χ1v) is 13.9. The van der Waals surface area contributed by atoms with Gasteiger partial charge in [-0.05, 0) is 75.1 Å². The molecule has 3 rings (SSSR count). The highest BCUT2D eigenvalue weighted by Crippen LogP contribution is 2.39. The highest BCUT2D eigenvalue weighted by molar-refractivity contribution is 5.84. The van der Waals surface area contributed by atoms with E-state index in [9.17, 15) is 4.79 Å². The molecule has 1 heterocycles. The Labute approximate surface area is 230 Å². The van der Waals surface area contributed by atoms with Gasteiger partial charge in [-0.15, -0.1) is 0 Å². The monoisotopic (exact) mass is 520 g/mol. The van der Waals surface area contributed by atoms with Crippen LogP contribution in [0.5, 0.6) is 5.75 Å². The minimum Gasteiger partial charge on any atom is -0.488 e. The zero-order chi connectivity index (χ0) is 28.5. The first-order valence-electron chi connectivity index (χ1n) is 13.9. The van der Waals surface area contributed by atoms with Crippen LogP contribution >= 0.6 is 0 Å². The van der Waals surface area contributed by atoms with E-state index in [1.54, 1.807) is 0 Å². The maximum absolute atomic E-state index is 13.4. The predicted molar refractivity (Wildman–Crippen MR) is 158 cm³/mol. The lowest BCUT2D eigenvalue weighted by Crippen LogP contribution is -2.43. The zero-order valence-corrected chi connectivity index (χ0v) is 25.5. The summed E-state index contributed by atoms with van der Waals surface area (Å²) in [5.74, 6) is 1.28. The molecule has 0 aliphatic heterocycles. The van der Waals surface area contributed by atoms with E-state index in [-0.39, 0.29) is 22.7 Å². The molecule has 0 aliphatic carbocycles. The third kappa shape index (κ3) is 7.88. The third-order valence-corrected chi connectivity index (χ3v) is 6.92. The fraction of sp³-hybridized carbons (Fsp3) is 0.559. The molecule has 0 saturated carbocycles. The zero-order valence-electron chi connectivity index (χ0n) is 25.5. The Morgan fingerprint density at radius 3 is 2.13 bits per heavy atom. The molecular weight excluding hydrogens is 472 g/mol. The molecule has 0 aliphatic rings. The van der Waals surface area contributed by atoms with Gasteiger partial charge in [-0.25, -0.2) is 0 Å². The number of rotatable bonds is 9. The second-order valence-electron chi connectivity index (χ2n) is 14.2. The van der Waals surface area contributed by atoms with Crippen molar-refractivity contribution >= 4 is 16.9 Å². The Morgan fingerprint density at radius 2 is 1.53 bits per heavy atom. The van der Waals surface area contributed by atoms with Gasteiger partial charge in [-0.1, -0.05) is 72.7 Å². The van der Waals surface area contributed by atoms with Crippen molar-refractivity contribution < 1.29 is 18.7 Å². The highest BCUT2D eigenvalue weighted by atomic mass is 16.6. The minimum atomic E-state index is -0.687. The van der Waals surface area contributed by atoms with Crippen LogP contribution in [0.3, 0.4) is 0 Å². The number of esters is 1. The molecular formula is C34H48O4. The molecule has 38 heavy (non-hydrogen) atoms. The summed E-state index contributed by atoms with van der Waals surface area (Å²) >= 11 is 0. The van der Waals surface area contributed by atoms with Crippen molar-refractivity contribution in [2.24, 2.45) is 16.7 Å². The van der Waals surface area contributed by atoms with Gasteiger partial charge in [0.2, 0.25) is 0 Å². The van der Waals surface area contributed by atoms with Gasteiger partial charge in [0.25, 0.3) is 0 Å².